The van der Waals surface area contributed by atoms with E-state index in [-0.39, 0.29) is 10.7 Å². The van der Waals surface area contributed by atoms with Crippen LogP contribution in [0.25, 0.3) is 0 Å². The molecule has 1 saturated heterocycles. The first kappa shape index (κ1) is 11.4. The molecule has 1 aromatic rings. The number of nitrogens with one attached hydrogen (secondary N) is 1. The van der Waals surface area contributed by atoms with Crippen molar-refractivity contribution < 1.29 is 4.92 Å². The lowest BCUT2D eigenvalue weighted by molar-refractivity contribution is -0.384. The first-order valence-electron chi connectivity index (χ1n) is 5.33. The molecule has 1 fully saturated rings. The summed E-state index contributed by atoms with van der Waals surface area (Å²) in [5, 5.41) is 14.3. The van der Waals surface area contributed by atoms with Gasteiger partial charge in [0, 0.05) is 12.6 Å². The van der Waals surface area contributed by atoms with E-state index in [0.29, 0.717) is 5.92 Å². The summed E-state index contributed by atoms with van der Waals surface area (Å²) < 4.78 is 0. The predicted molar refractivity (Wildman–Crippen MR) is 63.0 cm³/mol. The van der Waals surface area contributed by atoms with Gasteiger partial charge in [-0.2, -0.15) is 0 Å². The molecule has 1 aromatic carbocycles. The van der Waals surface area contributed by atoms with E-state index in [2.05, 4.69) is 5.32 Å². The van der Waals surface area contributed by atoms with Crippen molar-refractivity contribution in [3.05, 3.63) is 38.9 Å². The molecule has 0 spiro atoms. The van der Waals surface area contributed by atoms with Gasteiger partial charge in [-0.05, 0) is 36.9 Å². The van der Waals surface area contributed by atoms with Crippen molar-refractivity contribution in [2.45, 2.75) is 18.8 Å². The lowest BCUT2D eigenvalue weighted by Gasteiger charge is -2.22. The van der Waals surface area contributed by atoms with E-state index in [9.17, 15) is 10.1 Å². The molecular formula is C11H13ClN2O2. The maximum absolute atomic E-state index is 10.8. The highest BCUT2D eigenvalue weighted by Gasteiger charge is 2.19. The van der Waals surface area contributed by atoms with Gasteiger partial charge < -0.3 is 5.32 Å². The van der Waals surface area contributed by atoms with Crippen LogP contribution in [0, 0.1) is 10.1 Å². The number of nitrogens with zero attached hydrogens (tertiary/aromatic N) is 1. The summed E-state index contributed by atoms with van der Waals surface area (Å²) in [5.41, 5.74) is 1.01. The van der Waals surface area contributed by atoms with E-state index in [1.54, 1.807) is 12.1 Å². The minimum atomic E-state index is -0.428. The Hall–Kier alpha value is -1.13. The molecule has 1 heterocycles. The maximum Gasteiger partial charge on any atom is 0.288 e. The molecule has 2 rings (SSSR count). The van der Waals surface area contributed by atoms with Crippen LogP contribution in [-0.2, 0) is 0 Å². The van der Waals surface area contributed by atoms with Crippen LogP contribution in [0.3, 0.4) is 0 Å². The van der Waals surface area contributed by atoms with Gasteiger partial charge in [-0.25, -0.2) is 0 Å². The molecule has 0 aliphatic carbocycles. The van der Waals surface area contributed by atoms with Crippen molar-refractivity contribution >= 4 is 17.3 Å². The van der Waals surface area contributed by atoms with Crippen LogP contribution in [0.1, 0.15) is 24.3 Å². The van der Waals surface area contributed by atoms with Gasteiger partial charge in [-0.1, -0.05) is 17.7 Å². The standard InChI is InChI=1S/C11H13ClN2O2/c12-10-4-3-8(6-11(10)14(15)16)9-2-1-5-13-7-9/h3-4,6,9,13H,1-2,5,7H2. The topological polar surface area (TPSA) is 55.2 Å². The van der Waals surface area contributed by atoms with Crippen molar-refractivity contribution in [2.75, 3.05) is 13.1 Å². The zero-order valence-corrected chi connectivity index (χ0v) is 9.54. The average molecular weight is 241 g/mol. The fraction of sp³-hybridized carbons (Fsp3) is 0.455. The molecule has 1 aliphatic rings. The number of nitro benzene ring substituents is 1. The van der Waals surface area contributed by atoms with E-state index < -0.39 is 4.92 Å². The van der Waals surface area contributed by atoms with Gasteiger partial charge in [0.25, 0.3) is 5.69 Å². The lowest BCUT2D eigenvalue weighted by Crippen LogP contribution is -2.28. The SMILES string of the molecule is O=[N+]([O-])c1cc(C2CCCNC2)ccc1Cl. The molecule has 0 bridgehead atoms. The molecule has 1 aliphatic heterocycles. The maximum atomic E-state index is 10.8. The summed E-state index contributed by atoms with van der Waals surface area (Å²) in [6.45, 7) is 1.92. The predicted octanol–water partition coefficient (Wildman–Crippen LogP) is 2.72. The summed E-state index contributed by atoms with van der Waals surface area (Å²) in [4.78, 5) is 10.3. The molecule has 0 radical (unpaired) electrons. The van der Waals surface area contributed by atoms with Gasteiger partial charge in [0.2, 0.25) is 0 Å². The van der Waals surface area contributed by atoms with E-state index >= 15 is 0 Å². The van der Waals surface area contributed by atoms with E-state index in [0.717, 1.165) is 31.5 Å². The number of nitro groups is 1. The Balaban J connectivity index is 2.27. The van der Waals surface area contributed by atoms with E-state index in [1.165, 1.54) is 0 Å². The van der Waals surface area contributed by atoms with Crippen molar-refractivity contribution in [2.24, 2.45) is 0 Å². The smallest absolute Gasteiger partial charge is 0.288 e. The number of halogens is 1. The van der Waals surface area contributed by atoms with Gasteiger partial charge in [0.1, 0.15) is 5.02 Å². The molecule has 1 atom stereocenters. The molecule has 0 aromatic heterocycles. The monoisotopic (exact) mass is 240 g/mol. The summed E-state index contributed by atoms with van der Waals surface area (Å²) in [5.74, 6) is 0.365. The Morgan fingerprint density at radius 3 is 2.94 bits per heavy atom. The van der Waals surface area contributed by atoms with E-state index in [4.69, 9.17) is 11.6 Å². The highest BCUT2D eigenvalue weighted by atomic mass is 35.5. The molecule has 4 nitrogen and oxygen atoms in total. The van der Waals surface area contributed by atoms with Crippen LogP contribution in [0.15, 0.2) is 18.2 Å². The average Bonchev–Trinajstić information content (AvgIpc) is 2.30. The van der Waals surface area contributed by atoms with Gasteiger partial charge in [-0.15, -0.1) is 0 Å². The second-order valence-electron chi connectivity index (χ2n) is 4.01. The minimum Gasteiger partial charge on any atom is -0.316 e. The second-order valence-corrected chi connectivity index (χ2v) is 4.42. The van der Waals surface area contributed by atoms with Gasteiger partial charge >= 0.3 is 0 Å². The van der Waals surface area contributed by atoms with Crippen molar-refractivity contribution in [3.63, 3.8) is 0 Å². The third-order valence-electron chi connectivity index (χ3n) is 2.94. The third-order valence-corrected chi connectivity index (χ3v) is 3.25. The van der Waals surface area contributed by atoms with Crippen LogP contribution in [0.2, 0.25) is 5.02 Å². The normalized spacial score (nSPS) is 20.7. The molecule has 1 unspecified atom stereocenters. The number of hydrogen-bond acceptors (Lipinski definition) is 3. The zero-order chi connectivity index (χ0) is 11.5. The largest absolute Gasteiger partial charge is 0.316 e. The summed E-state index contributed by atoms with van der Waals surface area (Å²) in [7, 11) is 0. The van der Waals surface area contributed by atoms with Crippen LogP contribution in [0.5, 0.6) is 0 Å². The Labute approximate surface area is 98.8 Å². The van der Waals surface area contributed by atoms with Gasteiger partial charge in [0.15, 0.2) is 0 Å². The molecule has 16 heavy (non-hydrogen) atoms. The Bertz CT molecular complexity index is 403. The van der Waals surface area contributed by atoms with Crippen molar-refractivity contribution in [3.8, 4) is 0 Å². The van der Waals surface area contributed by atoms with Crippen LogP contribution >= 0.6 is 11.6 Å². The van der Waals surface area contributed by atoms with Gasteiger partial charge in [0.05, 0.1) is 4.92 Å². The fourth-order valence-corrected chi connectivity index (χ4v) is 2.25. The molecular weight excluding hydrogens is 228 g/mol. The number of benzene rings is 1. The summed E-state index contributed by atoms with van der Waals surface area (Å²) in [6, 6.07) is 5.09. The number of hydrogen-bond donors (Lipinski definition) is 1. The Morgan fingerprint density at radius 2 is 2.31 bits per heavy atom. The number of piperidine rings is 1. The highest BCUT2D eigenvalue weighted by Crippen LogP contribution is 2.30. The van der Waals surface area contributed by atoms with E-state index in [1.807, 2.05) is 6.07 Å². The highest BCUT2D eigenvalue weighted by molar-refractivity contribution is 6.32. The quantitative estimate of drug-likeness (QED) is 0.639. The molecule has 86 valence electrons. The molecule has 5 heteroatoms. The van der Waals surface area contributed by atoms with Crippen LogP contribution in [-0.4, -0.2) is 18.0 Å². The zero-order valence-electron chi connectivity index (χ0n) is 8.78. The fourth-order valence-electron chi connectivity index (χ4n) is 2.06. The summed E-state index contributed by atoms with van der Waals surface area (Å²) in [6.07, 6.45) is 2.19. The molecule has 0 amide bonds. The van der Waals surface area contributed by atoms with Gasteiger partial charge in [-0.3, -0.25) is 10.1 Å². The minimum absolute atomic E-state index is 0.00439. The molecule has 1 N–H and O–H groups in total. The third kappa shape index (κ3) is 2.33. The number of rotatable bonds is 2. The van der Waals surface area contributed by atoms with Crippen molar-refractivity contribution in [1.29, 1.82) is 0 Å². The van der Waals surface area contributed by atoms with Crippen molar-refractivity contribution in [1.82, 2.24) is 5.32 Å². The lowest BCUT2D eigenvalue weighted by atomic mass is 9.91. The second kappa shape index (κ2) is 4.80. The van der Waals surface area contributed by atoms with Crippen LogP contribution < -0.4 is 5.32 Å². The Morgan fingerprint density at radius 1 is 1.50 bits per heavy atom. The first-order chi connectivity index (χ1) is 7.68. The Kier molecular flexibility index (Phi) is 3.41. The van der Waals surface area contributed by atoms with Crippen LogP contribution in [0.4, 0.5) is 5.69 Å². The summed E-state index contributed by atoms with van der Waals surface area (Å²) >= 11 is 5.77. The molecule has 0 saturated carbocycles. The first-order valence-corrected chi connectivity index (χ1v) is 5.71.